The first-order valence-corrected chi connectivity index (χ1v) is 5.94. The molecule has 16 heavy (non-hydrogen) atoms. The third-order valence-electron chi connectivity index (χ3n) is 2.92. The number of rotatable bonds is 5. The summed E-state index contributed by atoms with van der Waals surface area (Å²) >= 11 is 6.16. The predicted molar refractivity (Wildman–Crippen MR) is 69.2 cm³/mol. The molecule has 0 spiro atoms. The Labute approximate surface area is 103 Å². The van der Waals surface area contributed by atoms with Gasteiger partial charge in [0.1, 0.15) is 5.75 Å². The highest BCUT2D eigenvalue weighted by Gasteiger charge is 2.16. The van der Waals surface area contributed by atoms with E-state index in [0.29, 0.717) is 0 Å². The minimum atomic E-state index is 0.115. The van der Waals surface area contributed by atoms with Gasteiger partial charge in [0, 0.05) is 22.7 Å². The van der Waals surface area contributed by atoms with Gasteiger partial charge in [-0.2, -0.15) is 0 Å². The van der Waals surface area contributed by atoms with Gasteiger partial charge in [-0.25, -0.2) is 0 Å². The van der Waals surface area contributed by atoms with Gasteiger partial charge in [0.2, 0.25) is 0 Å². The van der Waals surface area contributed by atoms with Crippen molar-refractivity contribution < 1.29 is 4.74 Å². The molecule has 0 heterocycles. The van der Waals surface area contributed by atoms with Crippen LogP contribution in [0.3, 0.4) is 0 Å². The number of benzene rings is 1. The lowest BCUT2D eigenvalue weighted by atomic mass is 10.0. The van der Waals surface area contributed by atoms with Gasteiger partial charge in [0.05, 0.1) is 7.11 Å². The molecule has 3 heteroatoms. The van der Waals surface area contributed by atoms with E-state index >= 15 is 0 Å². The second-order valence-electron chi connectivity index (χ2n) is 4.51. The molecule has 0 radical (unpaired) electrons. The molecule has 0 aliphatic carbocycles. The summed E-state index contributed by atoms with van der Waals surface area (Å²) in [6.07, 6.45) is 1.07. The number of halogens is 1. The lowest BCUT2D eigenvalue weighted by molar-refractivity contribution is 0.364. The monoisotopic (exact) mass is 241 g/mol. The van der Waals surface area contributed by atoms with Crippen LogP contribution < -0.4 is 10.1 Å². The van der Waals surface area contributed by atoms with E-state index in [1.165, 1.54) is 0 Å². The van der Waals surface area contributed by atoms with Gasteiger partial charge >= 0.3 is 0 Å². The first-order chi connectivity index (χ1) is 7.50. The summed E-state index contributed by atoms with van der Waals surface area (Å²) in [5.41, 5.74) is 1.14. The van der Waals surface area contributed by atoms with Gasteiger partial charge in [-0.15, -0.1) is 0 Å². The van der Waals surface area contributed by atoms with Gasteiger partial charge in [-0.1, -0.05) is 24.6 Å². The van der Waals surface area contributed by atoms with Crippen LogP contribution in [0.4, 0.5) is 0 Å². The SMILES string of the molecule is CCC(C)(C)NCc1c(Cl)cccc1OC. The van der Waals surface area contributed by atoms with Crippen LogP contribution in [0.2, 0.25) is 5.02 Å². The average Bonchev–Trinajstić information content (AvgIpc) is 2.27. The Bertz CT molecular complexity index is 350. The van der Waals surface area contributed by atoms with Gasteiger partial charge in [-0.05, 0) is 32.4 Å². The normalized spacial score (nSPS) is 11.6. The van der Waals surface area contributed by atoms with Crippen molar-refractivity contribution in [2.45, 2.75) is 39.3 Å². The van der Waals surface area contributed by atoms with Crippen LogP contribution in [0.15, 0.2) is 18.2 Å². The molecule has 2 nitrogen and oxygen atoms in total. The fourth-order valence-electron chi connectivity index (χ4n) is 1.35. The molecule has 0 aliphatic rings. The summed E-state index contributed by atoms with van der Waals surface area (Å²) in [5, 5.41) is 4.22. The Balaban J connectivity index is 2.80. The van der Waals surface area contributed by atoms with Crippen LogP contribution in [0, 0.1) is 0 Å². The van der Waals surface area contributed by atoms with Crippen molar-refractivity contribution in [1.29, 1.82) is 0 Å². The molecular formula is C13H20ClNO. The molecule has 1 aromatic carbocycles. The summed E-state index contributed by atoms with van der Waals surface area (Å²) in [7, 11) is 1.67. The van der Waals surface area contributed by atoms with E-state index in [1.807, 2.05) is 18.2 Å². The summed E-state index contributed by atoms with van der Waals surface area (Å²) in [6.45, 7) is 7.24. The van der Waals surface area contributed by atoms with Crippen molar-refractivity contribution in [3.63, 3.8) is 0 Å². The van der Waals surface area contributed by atoms with Crippen molar-refractivity contribution in [2.75, 3.05) is 7.11 Å². The minimum Gasteiger partial charge on any atom is -0.496 e. The van der Waals surface area contributed by atoms with Crippen LogP contribution >= 0.6 is 11.6 Å². The molecular weight excluding hydrogens is 222 g/mol. The molecule has 0 saturated carbocycles. The van der Waals surface area contributed by atoms with Crippen molar-refractivity contribution in [3.05, 3.63) is 28.8 Å². The zero-order valence-corrected chi connectivity index (χ0v) is 11.2. The van der Waals surface area contributed by atoms with Crippen LogP contribution in [-0.2, 0) is 6.54 Å². The zero-order valence-electron chi connectivity index (χ0n) is 10.4. The first kappa shape index (κ1) is 13.3. The van der Waals surface area contributed by atoms with E-state index < -0.39 is 0 Å². The van der Waals surface area contributed by atoms with Crippen molar-refractivity contribution in [3.8, 4) is 5.75 Å². The van der Waals surface area contributed by atoms with E-state index in [1.54, 1.807) is 7.11 Å². The highest BCUT2D eigenvalue weighted by Crippen LogP contribution is 2.26. The van der Waals surface area contributed by atoms with Crippen LogP contribution in [0.5, 0.6) is 5.75 Å². The Morgan fingerprint density at radius 1 is 1.38 bits per heavy atom. The van der Waals surface area contributed by atoms with Crippen LogP contribution in [0.1, 0.15) is 32.8 Å². The maximum absolute atomic E-state index is 6.16. The zero-order chi connectivity index (χ0) is 12.2. The molecule has 0 unspecified atom stereocenters. The molecule has 0 saturated heterocycles. The van der Waals surface area contributed by atoms with Gasteiger partial charge < -0.3 is 10.1 Å². The Morgan fingerprint density at radius 2 is 2.06 bits per heavy atom. The van der Waals surface area contributed by atoms with E-state index in [4.69, 9.17) is 16.3 Å². The molecule has 1 rings (SSSR count). The topological polar surface area (TPSA) is 21.3 Å². The predicted octanol–water partition coefficient (Wildman–Crippen LogP) is 3.63. The number of ether oxygens (including phenoxy) is 1. The summed E-state index contributed by atoms with van der Waals surface area (Å²) in [5.74, 6) is 0.840. The van der Waals surface area contributed by atoms with E-state index in [2.05, 4.69) is 26.1 Å². The van der Waals surface area contributed by atoms with Gasteiger partial charge in [-0.3, -0.25) is 0 Å². The second kappa shape index (κ2) is 5.55. The molecule has 90 valence electrons. The second-order valence-corrected chi connectivity index (χ2v) is 4.92. The molecule has 0 aromatic heterocycles. The summed E-state index contributed by atoms with van der Waals surface area (Å²) in [6, 6.07) is 5.72. The third kappa shape index (κ3) is 3.39. The van der Waals surface area contributed by atoms with Crippen LogP contribution in [-0.4, -0.2) is 12.6 Å². The Hall–Kier alpha value is -0.730. The third-order valence-corrected chi connectivity index (χ3v) is 3.28. The molecule has 0 fully saturated rings. The van der Waals surface area contributed by atoms with E-state index in [0.717, 1.165) is 29.3 Å². The van der Waals surface area contributed by atoms with Crippen molar-refractivity contribution in [2.24, 2.45) is 0 Å². The van der Waals surface area contributed by atoms with E-state index in [-0.39, 0.29) is 5.54 Å². The van der Waals surface area contributed by atoms with Crippen molar-refractivity contribution >= 4 is 11.6 Å². The quantitative estimate of drug-likeness (QED) is 0.850. The molecule has 1 aromatic rings. The van der Waals surface area contributed by atoms with Crippen LogP contribution in [0.25, 0.3) is 0 Å². The minimum absolute atomic E-state index is 0.115. The Morgan fingerprint density at radius 3 is 2.62 bits per heavy atom. The fourth-order valence-corrected chi connectivity index (χ4v) is 1.59. The number of hydrogen-bond acceptors (Lipinski definition) is 2. The van der Waals surface area contributed by atoms with Gasteiger partial charge in [0.25, 0.3) is 0 Å². The number of methoxy groups -OCH3 is 1. The van der Waals surface area contributed by atoms with Crippen molar-refractivity contribution in [1.82, 2.24) is 5.32 Å². The number of hydrogen-bond donors (Lipinski definition) is 1. The molecule has 0 bridgehead atoms. The Kier molecular flexibility index (Phi) is 4.63. The maximum atomic E-state index is 6.16. The summed E-state index contributed by atoms with van der Waals surface area (Å²) in [4.78, 5) is 0. The standard InChI is InChI=1S/C13H20ClNO/c1-5-13(2,3)15-9-10-11(14)7-6-8-12(10)16-4/h6-8,15H,5,9H2,1-4H3. The molecule has 0 atom stereocenters. The average molecular weight is 242 g/mol. The first-order valence-electron chi connectivity index (χ1n) is 5.56. The smallest absolute Gasteiger partial charge is 0.124 e. The fraction of sp³-hybridized carbons (Fsp3) is 0.538. The lowest BCUT2D eigenvalue weighted by Gasteiger charge is -2.25. The largest absolute Gasteiger partial charge is 0.496 e. The van der Waals surface area contributed by atoms with E-state index in [9.17, 15) is 0 Å². The molecule has 0 aliphatic heterocycles. The number of nitrogens with one attached hydrogen (secondary N) is 1. The molecule has 0 amide bonds. The summed E-state index contributed by atoms with van der Waals surface area (Å²) < 4.78 is 5.30. The molecule has 1 N–H and O–H groups in total. The highest BCUT2D eigenvalue weighted by molar-refractivity contribution is 6.31. The maximum Gasteiger partial charge on any atom is 0.124 e. The lowest BCUT2D eigenvalue weighted by Crippen LogP contribution is -2.37. The highest BCUT2D eigenvalue weighted by atomic mass is 35.5. The van der Waals surface area contributed by atoms with Gasteiger partial charge in [0.15, 0.2) is 0 Å².